The molecule has 0 aliphatic carbocycles. The molecule has 0 radical (unpaired) electrons. The van der Waals surface area contributed by atoms with Gasteiger partial charge in [0.05, 0.1) is 5.69 Å². The molecule has 1 aromatic carbocycles. The second kappa shape index (κ2) is 3.60. The highest BCUT2D eigenvalue weighted by molar-refractivity contribution is 5.63. The summed E-state index contributed by atoms with van der Waals surface area (Å²) in [5.41, 5.74) is 16.2. The number of azide groups is 1. The lowest BCUT2D eigenvalue weighted by atomic mass is 9.87. The molecular weight excluding hydrogens is 176 g/mol. The summed E-state index contributed by atoms with van der Waals surface area (Å²) in [7, 11) is 0. The number of benzene rings is 1. The maximum Gasteiger partial charge on any atom is 0.0605 e. The zero-order chi connectivity index (χ0) is 10.8. The Bertz CT molecular complexity index is 384. The van der Waals surface area contributed by atoms with Crippen molar-refractivity contribution in [1.29, 1.82) is 0 Å². The summed E-state index contributed by atoms with van der Waals surface area (Å²) in [6.07, 6.45) is 0. The van der Waals surface area contributed by atoms with E-state index in [1.807, 2.05) is 12.1 Å². The van der Waals surface area contributed by atoms with Crippen LogP contribution in [0.1, 0.15) is 26.3 Å². The normalized spacial score (nSPS) is 10.8. The zero-order valence-electron chi connectivity index (χ0n) is 8.65. The van der Waals surface area contributed by atoms with Crippen molar-refractivity contribution in [2.45, 2.75) is 26.2 Å². The SMILES string of the molecule is CC(C)(C)c1ccc(N=[N+]=[N-])c(N)c1. The van der Waals surface area contributed by atoms with Crippen molar-refractivity contribution in [1.82, 2.24) is 0 Å². The summed E-state index contributed by atoms with van der Waals surface area (Å²) in [5, 5.41) is 3.48. The first-order chi connectivity index (χ1) is 6.45. The van der Waals surface area contributed by atoms with Crippen molar-refractivity contribution >= 4 is 11.4 Å². The van der Waals surface area contributed by atoms with Crippen molar-refractivity contribution in [3.63, 3.8) is 0 Å². The largest absolute Gasteiger partial charge is 0.398 e. The maximum absolute atomic E-state index is 8.28. The van der Waals surface area contributed by atoms with Crippen LogP contribution in [0.4, 0.5) is 11.4 Å². The molecule has 0 amide bonds. The van der Waals surface area contributed by atoms with Crippen LogP contribution in [0.15, 0.2) is 23.3 Å². The first-order valence-corrected chi connectivity index (χ1v) is 4.40. The molecule has 4 heteroatoms. The molecule has 0 saturated heterocycles. The molecule has 0 unspecified atom stereocenters. The van der Waals surface area contributed by atoms with Gasteiger partial charge in [-0.3, -0.25) is 0 Å². The third-order valence-corrected chi connectivity index (χ3v) is 2.05. The number of hydrogen-bond donors (Lipinski definition) is 1. The predicted octanol–water partition coefficient (Wildman–Crippen LogP) is 3.51. The average Bonchev–Trinajstić information content (AvgIpc) is 2.07. The Morgan fingerprint density at radius 2 is 2.00 bits per heavy atom. The van der Waals surface area contributed by atoms with E-state index < -0.39 is 0 Å². The fourth-order valence-electron chi connectivity index (χ4n) is 1.16. The lowest BCUT2D eigenvalue weighted by Crippen LogP contribution is -2.11. The number of nitrogen functional groups attached to an aromatic ring is 1. The first kappa shape index (κ1) is 10.4. The number of rotatable bonds is 1. The molecule has 74 valence electrons. The van der Waals surface area contributed by atoms with E-state index in [0.717, 1.165) is 5.56 Å². The van der Waals surface area contributed by atoms with E-state index in [2.05, 4.69) is 30.8 Å². The number of anilines is 1. The maximum atomic E-state index is 8.28. The van der Waals surface area contributed by atoms with E-state index in [1.165, 1.54) is 0 Å². The first-order valence-electron chi connectivity index (χ1n) is 4.40. The summed E-state index contributed by atoms with van der Waals surface area (Å²) in [5.74, 6) is 0. The van der Waals surface area contributed by atoms with Gasteiger partial charge in [0.1, 0.15) is 0 Å². The quantitative estimate of drug-likeness (QED) is 0.313. The van der Waals surface area contributed by atoms with Crippen LogP contribution < -0.4 is 5.73 Å². The van der Waals surface area contributed by atoms with E-state index in [4.69, 9.17) is 11.3 Å². The minimum atomic E-state index is 0.0585. The minimum Gasteiger partial charge on any atom is -0.398 e. The Labute approximate surface area is 83.4 Å². The van der Waals surface area contributed by atoms with Gasteiger partial charge >= 0.3 is 0 Å². The highest BCUT2D eigenvalue weighted by Crippen LogP contribution is 2.29. The molecule has 14 heavy (non-hydrogen) atoms. The average molecular weight is 190 g/mol. The molecule has 0 fully saturated rings. The molecule has 1 rings (SSSR count). The second-order valence-corrected chi connectivity index (χ2v) is 4.21. The van der Waals surface area contributed by atoms with Crippen molar-refractivity contribution in [3.05, 3.63) is 34.2 Å². The Morgan fingerprint density at radius 3 is 2.43 bits per heavy atom. The van der Waals surface area contributed by atoms with E-state index in [1.54, 1.807) is 6.07 Å². The van der Waals surface area contributed by atoms with Gasteiger partial charge in [-0.25, -0.2) is 0 Å². The summed E-state index contributed by atoms with van der Waals surface area (Å²) >= 11 is 0. The molecule has 0 spiro atoms. The number of nitrogens with zero attached hydrogens (tertiary/aromatic N) is 3. The molecule has 0 atom stereocenters. The molecule has 0 saturated carbocycles. The zero-order valence-corrected chi connectivity index (χ0v) is 8.65. The van der Waals surface area contributed by atoms with Crippen LogP contribution in [0.25, 0.3) is 10.4 Å². The standard InChI is InChI=1S/C10H14N4/c1-10(2,3)7-4-5-9(13-14-12)8(11)6-7/h4-6H,11H2,1-3H3. The van der Waals surface area contributed by atoms with Crippen LogP contribution in [0, 0.1) is 0 Å². The van der Waals surface area contributed by atoms with Gasteiger partial charge in [-0.05, 0) is 22.6 Å². The summed E-state index contributed by atoms with van der Waals surface area (Å²) in [6.45, 7) is 6.32. The highest BCUT2D eigenvalue weighted by Gasteiger charge is 2.14. The predicted molar refractivity (Wildman–Crippen MR) is 58.4 cm³/mol. The Morgan fingerprint density at radius 1 is 1.36 bits per heavy atom. The van der Waals surface area contributed by atoms with Gasteiger partial charge in [0.2, 0.25) is 0 Å². The molecule has 0 aromatic heterocycles. The number of nitrogens with two attached hydrogens (primary N) is 1. The van der Waals surface area contributed by atoms with Crippen LogP contribution in [-0.4, -0.2) is 0 Å². The third kappa shape index (κ3) is 2.18. The molecule has 2 N–H and O–H groups in total. The van der Waals surface area contributed by atoms with Gasteiger partial charge in [-0.15, -0.1) is 0 Å². The summed E-state index contributed by atoms with van der Waals surface area (Å²) in [4.78, 5) is 2.70. The monoisotopic (exact) mass is 190 g/mol. The number of hydrogen-bond acceptors (Lipinski definition) is 2. The van der Waals surface area contributed by atoms with Crippen molar-refractivity contribution in [2.75, 3.05) is 5.73 Å². The van der Waals surface area contributed by atoms with Crippen LogP contribution in [0.3, 0.4) is 0 Å². The minimum absolute atomic E-state index is 0.0585. The molecule has 0 bridgehead atoms. The smallest absolute Gasteiger partial charge is 0.0605 e. The van der Waals surface area contributed by atoms with Crippen LogP contribution in [0.5, 0.6) is 0 Å². The van der Waals surface area contributed by atoms with E-state index in [9.17, 15) is 0 Å². The van der Waals surface area contributed by atoms with Crippen molar-refractivity contribution < 1.29 is 0 Å². The Balaban J connectivity index is 3.19. The van der Waals surface area contributed by atoms with E-state index in [0.29, 0.717) is 11.4 Å². The molecule has 1 aromatic rings. The molecule has 0 heterocycles. The lowest BCUT2D eigenvalue weighted by molar-refractivity contribution is 0.590. The van der Waals surface area contributed by atoms with Gasteiger partial charge in [-0.2, -0.15) is 0 Å². The summed E-state index contributed by atoms with van der Waals surface area (Å²) < 4.78 is 0. The Hall–Kier alpha value is -1.67. The van der Waals surface area contributed by atoms with E-state index >= 15 is 0 Å². The van der Waals surface area contributed by atoms with Gasteiger partial charge in [-0.1, -0.05) is 38.0 Å². The molecule has 0 aliphatic rings. The third-order valence-electron chi connectivity index (χ3n) is 2.05. The molecule has 4 nitrogen and oxygen atoms in total. The van der Waals surface area contributed by atoms with Crippen molar-refractivity contribution in [2.24, 2.45) is 5.11 Å². The van der Waals surface area contributed by atoms with Gasteiger partial charge in [0.15, 0.2) is 0 Å². The van der Waals surface area contributed by atoms with Crippen LogP contribution in [-0.2, 0) is 5.41 Å². The van der Waals surface area contributed by atoms with Crippen molar-refractivity contribution in [3.8, 4) is 0 Å². The molecular formula is C10H14N4. The second-order valence-electron chi connectivity index (χ2n) is 4.21. The van der Waals surface area contributed by atoms with Gasteiger partial charge in [0.25, 0.3) is 0 Å². The molecule has 0 aliphatic heterocycles. The van der Waals surface area contributed by atoms with Gasteiger partial charge in [0, 0.05) is 10.6 Å². The summed E-state index contributed by atoms with van der Waals surface area (Å²) in [6, 6.07) is 5.53. The highest BCUT2D eigenvalue weighted by atomic mass is 15.1. The lowest BCUT2D eigenvalue weighted by Gasteiger charge is -2.19. The van der Waals surface area contributed by atoms with E-state index in [-0.39, 0.29) is 5.41 Å². The fraction of sp³-hybridized carbons (Fsp3) is 0.400. The topological polar surface area (TPSA) is 74.8 Å². The fourth-order valence-corrected chi connectivity index (χ4v) is 1.16. The van der Waals surface area contributed by atoms with Gasteiger partial charge < -0.3 is 5.73 Å². The Kier molecular flexibility index (Phi) is 2.68. The van der Waals surface area contributed by atoms with Crippen LogP contribution >= 0.6 is 0 Å². The van der Waals surface area contributed by atoms with Crippen LogP contribution in [0.2, 0.25) is 0 Å².